The van der Waals surface area contributed by atoms with Crippen LogP contribution in [0.15, 0.2) is 41.8 Å². The van der Waals surface area contributed by atoms with Crippen molar-refractivity contribution in [2.75, 3.05) is 38.2 Å². The summed E-state index contributed by atoms with van der Waals surface area (Å²) >= 11 is 1.27. The van der Waals surface area contributed by atoms with Crippen molar-refractivity contribution < 1.29 is 33.4 Å². The zero-order valence-electron chi connectivity index (χ0n) is 25.4. The molecule has 0 spiro atoms. The highest BCUT2D eigenvalue weighted by molar-refractivity contribution is 7.12. The molecule has 2 aromatic heterocycles. The van der Waals surface area contributed by atoms with Crippen LogP contribution in [-0.2, 0) is 25.5 Å². The van der Waals surface area contributed by atoms with Crippen molar-refractivity contribution >= 4 is 41.0 Å². The topological polar surface area (TPSA) is 158 Å². The summed E-state index contributed by atoms with van der Waals surface area (Å²) in [6.07, 6.45) is 2.01. The quantitative estimate of drug-likeness (QED) is 0.115. The lowest BCUT2D eigenvalue weighted by Crippen LogP contribution is -2.49. The molecule has 0 bridgehead atoms. The van der Waals surface area contributed by atoms with E-state index in [0.29, 0.717) is 54.1 Å². The third kappa shape index (κ3) is 11.0. The molecule has 0 aliphatic heterocycles. The Morgan fingerprint density at radius 3 is 2.43 bits per heavy atom. The van der Waals surface area contributed by atoms with Crippen molar-refractivity contribution in [1.82, 2.24) is 20.6 Å². The van der Waals surface area contributed by atoms with Crippen molar-refractivity contribution in [3.05, 3.63) is 69.2 Å². The highest BCUT2D eigenvalue weighted by Gasteiger charge is 2.26. The van der Waals surface area contributed by atoms with Crippen LogP contribution in [0.3, 0.4) is 0 Å². The van der Waals surface area contributed by atoms with E-state index in [-0.39, 0.29) is 30.6 Å². The second-order valence-electron chi connectivity index (χ2n) is 9.80. The van der Waals surface area contributed by atoms with Crippen LogP contribution in [0.2, 0.25) is 0 Å². The minimum Gasteiger partial charge on any atom is -0.464 e. The van der Waals surface area contributed by atoms with Crippen molar-refractivity contribution in [1.29, 1.82) is 0 Å². The van der Waals surface area contributed by atoms with Crippen LogP contribution in [0.4, 0.5) is 5.95 Å². The maximum absolute atomic E-state index is 13.3. The smallest absolute Gasteiger partial charge is 0.330 e. The lowest BCUT2D eigenvalue weighted by Gasteiger charge is -2.19. The Bertz CT molecular complexity index is 1390. The van der Waals surface area contributed by atoms with Gasteiger partial charge in [0, 0.05) is 39.6 Å². The number of nitrogens with one attached hydrogen (secondary N) is 3. The minimum absolute atomic E-state index is 0.114. The fourth-order valence-corrected chi connectivity index (χ4v) is 4.88. The summed E-state index contributed by atoms with van der Waals surface area (Å²) in [7, 11) is 0. The Morgan fingerprint density at radius 2 is 1.75 bits per heavy atom. The molecule has 3 N–H and O–H groups in total. The molecule has 1 aromatic carbocycles. The van der Waals surface area contributed by atoms with Crippen LogP contribution in [0.1, 0.15) is 63.7 Å². The number of carbonyl (C=O) groups is 4. The number of thiophene rings is 1. The third-order valence-corrected chi connectivity index (χ3v) is 7.13. The predicted octanol–water partition coefficient (Wildman–Crippen LogP) is 3.62. The molecule has 0 saturated carbocycles. The molecule has 0 radical (unpaired) electrons. The van der Waals surface area contributed by atoms with Crippen LogP contribution in [0.25, 0.3) is 0 Å². The number of ether oxygens (including phenoxy) is 3. The number of esters is 2. The molecule has 0 saturated heterocycles. The summed E-state index contributed by atoms with van der Waals surface area (Å²) in [6.45, 7) is 8.15. The van der Waals surface area contributed by atoms with E-state index in [1.165, 1.54) is 18.3 Å². The standard InChI is InChI=1S/C31H39N5O7S/c1-5-41-15-9-16-42-30(40)25(19-33-28(38)26-13-8-17-44-26)36-29(39)27-20(2)34-31(35-21(27)3)32-14-7-11-23-10-6-12-24(18-23)43-22(4)37/h6,8,10,12-13,17-18,25H,5,7,9,11,14-16,19H2,1-4H3,(H,33,38)(H,36,39)(H,32,34,35)/t25-/m0/s1. The van der Waals surface area contributed by atoms with Gasteiger partial charge >= 0.3 is 11.9 Å². The van der Waals surface area contributed by atoms with E-state index >= 15 is 0 Å². The number of anilines is 1. The van der Waals surface area contributed by atoms with E-state index in [9.17, 15) is 19.2 Å². The first-order chi connectivity index (χ1) is 21.2. The Balaban J connectivity index is 1.60. The van der Waals surface area contributed by atoms with E-state index < -0.39 is 17.9 Å². The van der Waals surface area contributed by atoms with Crippen LogP contribution >= 0.6 is 11.3 Å². The fraction of sp³-hybridized carbons (Fsp3) is 0.419. The molecule has 13 heteroatoms. The number of hydrogen-bond acceptors (Lipinski definition) is 11. The summed E-state index contributed by atoms with van der Waals surface area (Å²) in [5.41, 5.74) is 2.12. The van der Waals surface area contributed by atoms with E-state index in [0.717, 1.165) is 18.4 Å². The first kappa shape index (κ1) is 34.1. The maximum Gasteiger partial charge on any atom is 0.330 e. The molecule has 12 nitrogen and oxygen atoms in total. The number of aryl methyl sites for hydroxylation is 3. The third-order valence-electron chi connectivity index (χ3n) is 6.27. The van der Waals surface area contributed by atoms with Crippen molar-refractivity contribution in [3.63, 3.8) is 0 Å². The second kappa shape index (κ2) is 17.7. The predicted molar refractivity (Wildman–Crippen MR) is 166 cm³/mol. The van der Waals surface area contributed by atoms with Gasteiger partial charge in [0.05, 0.1) is 28.4 Å². The lowest BCUT2D eigenvalue weighted by atomic mass is 10.1. The average molecular weight is 626 g/mol. The molecule has 3 rings (SSSR count). The van der Waals surface area contributed by atoms with Crippen molar-refractivity contribution in [2.24, 2.45) is 0 Å². The Hall–Kier alpha value is -4.36. The van der Waals surface area contributed by atoms with Crippen LogP contribution < -0.4 is 20.7 Å². The number of benzene rings is 1. The van der Waals surface area contributed by atoms with Gasteiger partial charge in [-0.15, -0.1) is 11.3 Å². The summed E-state index contributed by atoms with van der Waals surface area (Å²) in [5, 5.41) is 10.3. The highest BCUT2D eigenvalue weighted by atomic mass is 32.1. The molecule has 236 valence electrons. The molecule has 3 aromatic rings. The summed E-state index contributed by atoms with van der Waals surface area (Å²) in [5.74, 6) is -1.07. The van der Waals surface area contributed by atoms with Gasteiger partial charge in [-0.1, -0.05) is 18.2 Å². The number of nitrogens with zero attached hydrogens (tertiary/aromatic N) is 2. The molecule has 0 aliphatic carbocycles. The van der Waals surface area contributed by atoms with E-state index in [4.69, 9.17) is 14.2 Å². The van der Waals surface area contributed by atoms with E-state index in [1.54, 1.807) is 37.4 Å². The van der Waals surface area contributed by atoms with Crippen LogP contribution in [-0.4, -0.2) is 72.7 Å². The molecule has 2 heterocycles. The zero-order chi connectivity index (χ0) is 31.9. The van der Waals surface area contributed by atoms with Crippen LogP contribution in [0.5, 0.6) is 5.75 Å². The zero-order valence-corrected chi connectivity index (χ0v) is 26.3. The van der Waals surface area contributed by atoms with Gasteiger partial charge in [0.2, 0.25) is 5.95 Å². The van der Waals surface area contributed by atoms with E-state index in [2.05, 4.69) is 25.9 Å². The second-order valence-corrected chi connectivity index (χ2v) is 10.7. The number of carbonyl (C=O) groups excluding carboxylic acids is 4. The fourth-order valence-electron chi connectivity index (χ4n) is 4.24. The monoisotopic (exact) mass is 625 g/mol. The number of hydrogen-bond donors (Lipinski definition) is 3. The van der Waals surface area contributed by atoms with Gasteiger partial charge in [0.15, 0.2) is 0 Å². The molecular weight excluding hydrogens is 586 g/mol. The minimum atomic E-state index is -1.13. The summed E-state index contributed by atoms with van der Waals surface area (Å²) < 4.78 is 15.8. The number of amides is 2. The van der Waals surface area contributed by atoms with Crippen molar-refractivity contribution in [3.8, 4) is 5.75 Å². The number of aromatic nitrogens is 2. The molecule has 2 amide bonds. The van der Waals surface area contributed by atoms with Gasteiger partial charge in [-0.2, -0.15) is 0 Å². The largest absolute Gasteiger partial charge is 0.464 e. The Labute approximate surface area is 260 Å². The molecule has 0 unspecified atom stereocenters. The molecular formula is C31H39N5O7S. The lowest BCUT2D eigenvalue weighted by molar-refractivity contribution is -0.146. The van der Waals surface area contributed by atoms with E-state index in [1.807, 2.05) is 25.1 Å². The van der Waals surface area contributed by atoms with Crippen molar-refractivity contribution in [2.45, 2.75) is 53.0 Å². The van der Waals surface area contributed by atoms with Gasteiger partial charge in [0.25, 0.3) is 11.8 Å². The number of rotatable bonds is 17. The van der Waals surface area contributed by atoms with Crippen LogP contribution in [0, 0.1) is 13.8 Å². The summed E-state index contributed by atoms with van der Waals surface area (Å²) in [4.78, 5) is 59.3. The highest BCUT2D eigenvalue weighted by Crippen LogP contribution is 2.16. The average Bonchev–Trinajstić information content (AvgIpc) is 3.52. The maximum atomic E-state index is 13.3. The molecule has 44 heavy (non-hydrogen) atoms. The first-order valence-corrected chi connectivity index (χ1v) is 15.3. The van der Waals surface area contributed by atoms with Gasteiger partial charge < -0.3 is 30.2 Å². The Kier molecular flexibility index (Phi) is 13.7. The van der Waals surface area contributed by atoms with Gasteiger partial charge in [0.1, 0.15) is 11.8 Å². The Morgan fingerprint density at radius 1 is 0.977 bits per heavy atom. The first-order valence-electron chi connectivity index (χ1n) is 14.4. The normalized spacial score (nSPS) is 11.4. The molecule has 0 aliphatic rings. The van der Waals surface area contributed by atoms with Gasteiger partial charge in [-0.25, -0.2) is 14.8 Å². The molecule has 1 atom stereocenters. The molecule has 0 fully saturated rings. The van der Waals surface area contributed by atoms with Gasteiger partial charge in [-0.05, 0) is 62.8 Å². The van der Waals surface area contributed by atoms with Gasteiger partial charge in [-0.3, -0.25) is 14.4 Å². The summed E-state index contributed by atoms with van der Waals surface area (Å²) in [6, 6.07) is 9.65. The SMILES string of the molecule is CCOCCCOC(=O)[C@H](CNC(=O)c1cccs1)NC(=O)c1c(C)nc(NCCCc2cccc(OC(C)=O)c2)nc1C.